The lowest BCUT2D eigenvalue weighted by molar-refractivity contribution is 0.000744. The van der Waals surface area contributed by atoms with E-state index >= 15 is 0 Å². The molecule has 0 saturated carbocycles. The third-order valence-corrected chi connectivity index (χ3v) is 5.75. The molecule has 29 heavy (non-hydrogen) atoms. The molecule has 0 radical (unpaired) electrons. The second-order valence-electron chi connectivity index (χ2n) is 7.52. The molecule has 4 heteroatoms. The summed E-state index contributed by atoms with van der Waals surface area (Å²) in [6, 6.07) is 26.0. The van der Waals surface area contributed by atoms with Crippen molar-refractivity contribution in [1.82, 2.24) is 4.90 Å². The van der Waals surface area contributed by atoms with Crippen LogP contribution in [0.4, 0.5) is 4.39 Å². The summed E-state index contributed by atoms with van der Waals surface area (Å²) in [5.41, 5.74) is 1.24. The molecule has 150 valence electrons. The molecule has 3 nitrogen and oxygen atoms in total. The quantitative estimate of drug-likeness (QED) is 0.684. The Morgan fingerprint density at radius 1 is 0.828 bits per heavy atom. The molecular weight excluding hydrogens is 365 g/mol. The van der Waals surface area contributed by atoms with Crippen molar-refractivity contribution in [3.05, 3.63) is 107 Å². The maximum atomic E-state index is 13.7. The van der Waals surface area contributed by atoms with Gasteiger partial charge in [0.25, 0.3) is 0 Å². The van der Waals surface area contributed by atoms with Crippen LogP contribution < -0.4 is 0 Å². The molecule has 0 aromatic heterocycles. The van der Waals surface area contributed by atoms with Crippen LogP contribution in [0, 0.1) is 5.82 Å². The second kappa shape index (κ2) is 8.87. The van der Waals surface area contributed by atoms with Gasteiger partial charge in [0, 0.05) is 25.6 Å². The van der Waals surface area contributed by atoms with Crippen molar-refractivity contribution < 1.29 is 14.2 Å². The molecule has 0 amide bonds. The summed E-state index contributed by atoms with van der Waals surface area (Å²) in [6.45, 7) is 3.73. The summed E-state index contributed by atoms with van der Waals surface area (Å²) >= 11 is 0. The fourth-order valence-electron chi connectivity index (χ4n) is 4.17. The van der Waals surface area contributed by atoms with E-state index in [1.165, 1.54) is 12.1 Å². The Morgan fingerprint density at radius 3 is 2.00 bits per heavy atom. The highest BCUT2D eigenvalue weighted by Gasteiger charge is 2.42. The van der Waals surface area contributed by atoms with Crippen LogP contribution in [0.25, 0.3) is 0 Å². The molecule has 1 N–H and O–H groups in total. The van der Waals surface area contributed by atoms with Gasteiger partial charge in [-0.3, -0.25) is 4.90 Å². The Hall–Kier alpha value is -2.53. The largest absolute Gasteiger partial charge is 0.380 e. The monoisotopic (exact) mass is 391 g/mol. The molecular formula is C25H26FNO2. The highest BCUT2D eigenvalue weighted by molar-refractivity contribution is 5.42. The van der Waals surface area contributed by atoms with Gasteiger partial charge >= 0.3 is 0 Å². The van der Waals surface area contributed by atoms with E-state index in [4.69, 9.17) is 4.74 Å². The maximum Gasteiger partial charge on any atom is 0.123 e. The molecule has 1 heterocycles. The van der Waals surface area contributed by atoms with Crippen molar-refractivity contribution in [1.29, 1.82) is 0 Å². The first-order chi connectivity index (χ1) is 14.2. The van der Waals surface area contributed by atoms with Crippen LogP contribution >= 0.6 is 0 Å². The van der Waals surface area contributed by atoms with Gasteiger partial charge in [0.1, 0.15) is 11.4 Å². The van der Waals surface area contributed by atoms with Gasteiger partial charge in [-0.2, -0.15) is 0 Å². The van der Waals surface area contributed by atoms with Gasteiger partial charge in [0.15, 0.2) is 0 Å². The fraction of sp³-hybridized carbons (Fsp3) is 0.280. The van der Waals surface area contributed by atoms with Crippen molar-refractivity contribution in [3.8, 4) is 0 Å². The summed E-state index contributed by atoms with van der Waals surface area (Å²) in [4.78, 5) is 2.33. The number of hydrogen-bond donors (Lipinski definition) is 1. The molecule has 2 atom stereocenters. The topological polar surface area (TPSA) is 32.7 Å². The average Bonchev–Trinajstić information content (AvgIpc) is 2.79. The van der Waals surface area contributed by atoms with E-state index in [0.29, 0.717) is 25.3 Å². The minimum atomic E-state index is -1.30. The molecule has 1 aliphatic rings. The zero-order chi connectivity index (χ0) is 20.1. The zero-order valence-electron chi connectivity index (χ0n) is 16.4. The smallest absolute Gasteiger partial charge is 0.123 e. The van der Waals surface area contributed by atoms with Gasteiger partial charge in [0.2, 0.25) is 0 Å². The number of rotatable bonds is 6. The fourth-order valence-corrected chi connectivity index (χ4v) is 4.17. The van der Waals surface area contributed by atoms with E-state index in [1.54, 1.807) is 12.1 Å². The van der Waals surface area contributed by atoms with Crippen LogP contribution in [0.2, 0.25) is 0 Å². The molecule has 0 unspecified atom stereocenters. The molecule has 0 aliphatic carbocycles. The van der Waals surface area contributed by atoms with Crippen molar-refractivity contribution in [2.75, 3.05) is 32.8 Å². The Bertz CT molecular complexity index is 895. The Labute approximate surface area is 171 Å². The molecule has 0 bridgehead atoms. The predicted molar refractivity (Wildman–Crippen MR) is 112 cm³/mol. The number of halogens is 1. The minimum absolute atomic E-state index is 0.227. The van der Waals surface area contributed by atoms with Gasteiger partial charge in [-0.25, -0.2) is 4.39 Å². The lowest BCUT2D eigenvalue weighted by Gasteiger charge is -2.41. The lowest BCUT2D eigenvalue weighted by atomic mass is 9.72. The molecule has 3 aromatic rings. The van der Waals surface area contributed by atoms with Crippen LogP contribution in [-0.2, 0) is 10.3 Å². The summed E-state index contributed by atoms with van der Waals surface area (Å²) in [5.74, 6) is -0.539. The molecule has 4 rings (SSSR count). The van der Waals surface area contributed by atoms with Crippen LogP contribution in [0.15, 0.2) is 84.9 Å². The lowest BCUT2D eigenvalue weighted by Crippen LogP contribution is -2.45. The van der Waals surface area contributed by atoms with E-state index in [0.717, 1.165) is 24.2 Å². The van der Waals surface area contributed by atoms with Crippen LogP contribution in [-0.4, -0.2) is 42.9 Å². The molecule has 0 spiro atoms. The second-order valence-corrected chi connectivity index (χ2v) is 7.52. The zero-order valence-corrected chi connectivity index (χ0v) is 16.4. The number of aliphatic hydroxyl groups is 1. The number of benzene rings is 3. The Morgan fingerprint density at radius 2 is 1.38 bits per heavy atom. The number of ether oxygens (including phenoxy) is 1. The summed E-state index contributed by atoms with van der Waals surface area (Å²) in [5, 5.41) is 12.3. The van der Waals surface area contributed by atoms with Crippen molar-refractivity contribution in [3.63, 3.8) is 0 Å². The molecule has 3 aromatic carbocycles. The average molecular weight is 391 g/mol. The first kappa shape index (κ1) is 19.8. The summed E-state index contributed by atoms with van der Waals surface area (Å²) in [6.07, 6.45) is 0. The van der Waals surface area contributed by atoms with Gasteiger partial charge < -0.3 is 9.84 Å². The Kier molecular flexibility index (Phi) is 6.05. The van der Waals surface area contributed by atoms with Gasteiger partial charge in [0.05, 0.1) is 13.2 Å². The SMILES string of the molecule is O[C@](c1ccccc1)(c1ccc(F)cc1)[C@H](CN1CCOCC1)c1ccccc1. The van der Waals surface area contributed by atoms with E-state index in [2.05, 4.69) is 17.0 Å². The maximum absolute atomic E-state index is 13.7. The third kappa shape index (κ3) is 4.25. The van der Waals surface area contributed by atoms with Crippen LogP contribution in [0.1, 0.15) is 22.6 Å². The van der Waals surface area contributed by atoms with Gasteiger partial charge in [-0.15, -0.1) is 0 Å². The van der Waals surface area contributed by atoms with Crippen molar-refractivity contribution in [2.24, 2.45) is 0 Å². The van der Waals surface area contributed by atoms with E-state index in [1.807, 2.05) is 48.5 Å². The predicted octanol–water partition coefficient (Wildman–Crippen LogP) is 4.18. The van der Waals surface area contributed by atoms with E-state index < -0.39 is 5.60 Å². The summed E-state index contributed by atoms with van der Waals surface area (Å²) < 4.78 is 19.2. The summed E-state index contributed by atoms with van der Waals surface area (Å²) in [7, 11) is 0. The minimum Gasteiger partial charge on any atom is -0.380 e. The Balaban J connectivity index is 1.84. The molecule has 1 aliphatic heterocycles. The molecule has 1 fully saturated rings. The number of nitrogens with zero attached hydrogens (tertiary/aromatic N) is 1. The van der Waals surface area contributed by atoms with Crippen LogP contribution in [0.5, 0.6) is 0 Å². The first-order valence-electron chi connectivity index (χ1n) is 10.1. The number of hydrogen-bond acceptors (Lipinski definition) is 3. The highest BCUT2D eigenvalue weighted by atomic mass is 19.1. The normalized spacial score (nSPS) is 18.1. The van der Waals surface area contributed by atoms with Crippen LogP contribution in [0.3, 0.4) is 0 Å². The van der Waals surface area contributed by atoms with Crippen molar-refractivity contribution in [2.45, 2.75) is 11.5 Å². The van der Waals surface area contributed by atoms with Crippen molar-refractivity contribution >= 4 is 0 Å². The highest BCUT2D eigenvalue weighted by Crippen LogP contribution is 2.43. The third-order valence-electron chi connectivity index (χ3n) is 5.75. The number of morpholine rings is 1. The van der Waals surface area contributed by atoms with E-state index in [-0.39, 0.29) is 11.7 Å². The molecule has 1 saturated heterocycles. The standard InChI is InChI=1S/C25H26FNO2/c26-23-13-11-22(12-14-23)25(28,21-9-5-2-6-10-21)24(20-7-3-1-4-8-20)19-27-15-17-29-18-16-27/h1-14,24,28H,15-19H2/t24-,25-/m1/s1. The van der Waals surface area contributed by atoms with E-state index in [9.17, 15) is 9.50 Å². The van der Waals surface area contributed by atoms with Gasteiger partial charge in [-0.05, 0) is 28.8 Å². The van der Waals surface area contributed by atoms with Gasteiger partial charge in [-0.1, -0.05) is 72.8 Å². The first-order valence-corrected chi connectivity index (χ1v) is 10.1.